The molecule has 0 spiro atoms. The molecule has 0 radical (unpaired) electrons. The highest BCUT2D eigenvalue weighted by Gasteiger charge is 2.72. The monoisotopic (exact) mass is 504 g/mol. The number of hydrogen-bond acceptors (Lipinski definition) is 4. The van der Waals surface area contributed by atoms with E-state index >= 15 is 0 Å². The van der Waals surface area contributed by atoms with Crippen LogP contribution in [0, 0.1) is 51.2 Å². The molecule has 3 N–H and O–H groups in total. The summed E-state index contributed by atoms with van der Waals surface area (Å²) in [6, 6.07) is 0. The first kappa shape index (κ1) is 27.4. The Labute approximate surface area is 221 Å². The zero-order chi connectivity index (χ0) is 26.7. The molecule has 12 atom stereocenters. The van der Waals surface area contributed by atoms with Crippen molar-refractivity contribution in [2.45, 2.75) is 150 Å². The number of aliphatic hydroxyl groups excluding tert-OH is 2. The van der Waals surface area contributed by atoms with E-state index in [-0.39, 0.29) is 34.2 Å². The Morgan fingerprint density at radius 3 is 2.06 bits per heavy atom. The van der Waals surface area contributed by atoms with Gasteiger partial charge in [0.2, 0.25) is 0 Å². The maximum Gasteiger partial charge on any atom is 0.112 e. The molecule has 0 amide bonds. The standard InChI is InChI=1S/C32H56O4/c1-10-19-11-14-29(6)23(27(19,2)3)13-16-30(7)24(29)17-21(33)25-20(12-15-31(25,30)8)32(9)18-22(34)26(36-32)28(4,5)35/h19-26,33-35H,10-18H2,1-9H3/t19-,20?,21?,22?,23?,24?,25?,26?,29-,30?,31?,32?/m0/s1. The van der Waals surface area contributed by atoms with Crippen molar-refractivity contribution in [1.82, 2.24) is 0 Å². The summed E-state index contributed by atoms with van der Waals surface area (Å²) in [4.78, 5) is 0. The normalized spacial score (nSPS) is 56.7. The molecule has 4 saturated carbocycles. The summed E-state index contributed by atoms with van der Waals surface area (Å²) >= 11 is 0. The third-order valence-corrected chi connectivity index (χ3v) is 14.0. The van der Waals surface area contributed by atoms with E-state index in [0.717, 1.165) is 31.1 Å². The lowest BCUT2D eigenvalue weighted by Gasteiger charge is -2.71. The first-order chi connectivity index (χ1) is 16.5. The van der Waals surface area contributed by atoms with Crippen LogP contribution in [-0.4, -0.2) is 44.8 Å². The number of rotatable bonds is 3. The van der Waals surface area contributed by atoms with Gasteiger partial charge in [-0.2, -0.15) is 0 Å². The summed E-state index contributed by atoms with van der Waals surface area (Å²) < 4.78 is 6.57. The maximum atomic E-state index is 12.0. The van der Waals surface area contributed by atoms with Crippen molar-refractivity contribution in [2.75, 3.05) is 0 Å². The van der Waals surface area contributed by atoms with Crippen LogP contribution in [0.2, 0.25) is 0 Å². The van der Waals surface area contributed by atoms with E-state index in [1.807, 2.05) is 0 Å². The summed E-state index contributed by atoms with van der Waals surface area (Å²) in [5.74, 6) is 2.46. The van der Waals surface area contributed by atoms with E-state index in [1.165, 1.54) is 32.1 Å². The van der Waals surface area contributed by atoms with Crippen LogP contribution in [-0.2, 0) is 4.74 Å². The zero-order valence-corrected chi connectivity index (χ0v) is 24.7. The Bertz CT molecular complexity index is 863. The van der Waals surface area contributed by atoms with Crippen molar-refractivity contribution in [1.29, 1.82) is 0 Å². The number of ether oxygens (including phenoxy) is 1. The summed E-state index contributed by atoms with van der Waals surface area (Å²) in [6.45, 7) is 20.8. The molecule has 0 aromatic heterocycles. The molecule has 208 valence electrons. The topological polar surface area (TPSA) is 69.9 Å². The van der Waals surface area contributed by atoms with E-state index in [1.54, 1.807) is 13.8 Å². The largest absolute Gasteiger partial charge is 0.393 e. The Kier molecular flexibility index (Phi) is 6.23. The number of fused-ring (bicyclic) bond motifs is 5. The first-order valence-corrected chi connectivity index (χ1v) is 15.2. The van der Waals surface area contributed by atoms with Gasteiger partial charge in [-0.25, -0.2) is 0 Å². The molecule has 10 unspecified atom stereocenters. The van der Waals surface area contributed by atoms with Crippen LogP contribution in [0.4, 0.5) is 0 Å². The van der Waals surface area contributed by atoms with Crippen molar-refractivity contribution in [3.05, 3.63) is 0 Å². The fourth-order valence-corrected chi connectivity index (χ4v) is 12.0. The fraction of sp³-hybridized carbons (Fsp3) is 1.00. The van der Waals surface area contributed by atoms with Crippen molar-refractivity contribution >= 4 is 0 Å². The molecule has 4 aliphatic carbocycles. The average Bonchev–Trinajstić information content (AvgIpc) is 3.28. The van der Waals surface area contributed by atoms with Gasteiger partial charge in [0.25, 0.3) is 0 Å². The fourth-order valence-electron chi connectivity index (χ4n) is 12.0. The lowest BCUT2D eigenvalue weighted by Crippen LogP contribution is -2.66. The summed E-state index contributed by atoms with van der Waals surface area (Å²) in [5.41, 5.74) is -0.695. The van der Waals surface area contributed by atoms with Gasteiger partial charge in [0, 0.05) is 6.42 Å². The average molecular weight is 505 g/mol. The van der Waals surface area contributed by atoms with Gasteiger partial charge in [0.05, 0.1) is 23.4 Å². The van der Waals surface area contributed by atoms with Crippen molar-refractivity contribution in [2.24, 2.45) is 51.2 Å². The molecule has 5 aliphatic rings. The van der Waals surface area contributed by atoms with Crippen LogP contribution in [0.5, 0.6) is 0 Å². The molecule has 36 heavy (non-hydrogen) atoms. The van der Waals surface area contributed by atoms with Gasteiger partial charge < -0.3 is 20.1 Å². The van der Waals surface area contributed by atoms with Gasteiger partial charge in [-0.15, -0.1) is 0 Å². The summed E-state index contributed by atoms with van der Waals surface area (Å²) in [7, 11) is 0. The quantitative estimate of drug-likeness (QED) is 0.419. The third kappa shape index (κ3) is 3.45. The molecular formula is C32H56O4. The Balaban J connectivity index is 1.48. The Morgan fingerprint density at radius 1 is 0.833 bits per heavy atom. The van der Waals surface area contributed by atoms with Crippen molar-refractivity contribution in [3.63, 3.8) is 0 Å². The molecular weight excluding hydrogens is 448 g/mol. The lowest BCUT2D eigenvalue weighted by atomic mass is 9.34. The van der Waals surface area contributed by atoms with Crippen LogP contribution >= 0.6 is 0 Å². The highest BCUT2D eigenvalue weighted by Crippen LogP contribution is 2.76. The molecule has 1 saturated heterocycles. The molecule has 0 bridgehead atoms. The van der Waals surface area contributed by atoms with Crippen LogP contribution < -0.4 is 0 Å². The smallest absolute Gasteiger partial charge is 0.112 e. The van der Waals surface area contributed by atoms with Crippen LogP contribution in [0.25, 0.3) is 0 Å². The van der Waals surface area contributed by atoms with Crippen LogP contribution in [0.3, 0.4) is 0 Å². The summed E-state index contributed by atoms with van der Waals surface area (Å²) in [5, 5.41) is 33.6. The van der Waals surface area contributed by atoms with Crippen LogP contribution in [0.15, 0.2) is 0 Å². The van der Waals surface area contributed by atoms with E-state index in [0.29, 0.717) is 17.8 Å². The van der Waals surface area contributed by atoms with E-state index in [2.05, 4.69) is 48.5 Å². The molecule has 0 aromatic rings. The Hall–Kier alpha value is -0.160. The minimum absolute atomic E-state index is 0.0594. The van der Waals surface area contributed by atoms with Crippen molar-refractivity contribution < 1.29 is 20.1 Å². The maximum absolute atomic E-state index is 12.0. The third-order valence-electron chi connectivity index (χ3n) is 14.0. The molecule has 4 heteroatoms. The van der Waals surface area contributed by atoms with Gasteiger partial charge >= 0.3 is 0 Å². The van der Waals surface area contributed by atoms with Gasteiger partial charge in [-0.1, -0.05) is 48.0 Å². The minimum atomic E-state index is -1.08. The van der Waals surface area contributed by atoms with E-state index < -0.39 is 23.4 Å². The van der Waals surface area contributed by atoms with Crippen molar-refractivity contribution in [3.8, 4) is 0 Å². The predicted octanol–water partition coefficient (Wildman–Crippen LogP) is 6.35. The predicted molar refractivity (Wildman–Crippen MR) is 144 cm³/mol. The molecule has 4 nitrogen and oxygen atoms in total. The zero-order valence-electron chi connectivity index (χ0n) is 24.7. The molecule has 1 aliphatic heterocycles. The number of aliphatic hydroxyl groups is 3. The highest BCUT2D eigenvalue weighted by atomic mass is 16.5. The summed E-state index contributed by atoms with van der Waals surface area (Å²) in [6.07, 6.45) is 8.49. The second-order valence-corrected chi connectivity index (χ2v) is 16.2. The van der Waals surface area contributed by atoms with Gasteiger partial charge in [0.15, 0.2) is 0 Å². The SMILES string of the molecule is CC[C@H]1CC[C@@]2(C)C(CCC3(C)C2CC(O)C2C(C4(C)CC(O)C(C(C)(C)O)O4)CCC23C)C1(C)C. The van der Waals surface area contributed by atoms with Gasteiger partial charge in [0.1, 0.15) is 6.10 Å². The lowest BCUT2D eigenvalue weighted by molar-refractivity contribution is -0.244. The molecule has 5 rings (SSSR count). The first-order valence-electron chi connectivity index (χ1n) is 15.2. The van der Waals surface area contributed by atoms with E-state index in [4.69, 9.17) is 4.74 Å². The second-order valence-electron chi connectivity index (χ2n) is 16.2. The van der Waals surface area contributed by atoms with Crippen LogP contribution in [0.1, 0.15) is 120 Å². The number of hydrogen-bond donors (Lipinski definition) is 3. The molecule has 1 heterocycles. The molecule has 5 fully saturated rings. The minimum Gasteiger partial charge on any atom is -0.393 e. The second kappa shape index (κ2) is 8.18. The molecule has 0 aromatic carbocycles. The highest BCUT2D eigenvalue weighted by molar-refractivity contribution is 5.20. The van der Waals surface area contributed by atoms with Gasteiger partial charge in [-0.3, -0.25) is 0 Å². The van der Waals surface area contributed by atoms with E-state index in [9.17, 15) is 15.3 Å². The Morgan fingerprint density at radius 2 is 1.47 bits per heavy atom. The van der Waals surface area contributed by atoms with Gasteiger partial charge in [-0.05, 0) is 117 Å².